The monoisotopic (exact) mass is 314 g/mol. The highest BCUT2D eigenvalue weighted by molar-refractivity contribution is 7.89. The molecule has 1 aromatic heterocycles. The van der Waals surface area contributed by atoms with Crippen LogP contribution in [0.5, 0.6) is 0 Å². The van der Waals surface area contributed by atoms with Gasteiger partial charge < -0.3 is 5.32 Å². The lowest BCUT2D eigenvalue weighted by Gasteiger charge is -2.07. The van der Waals surface area contributed by atoms with Crippen molar-refractivity contribution in [1.82, 2.24) is 19.8 Å². The van der Waals surface area contributed by atoms with Gasteiger partial charge in [-0.05, 0) is 18.8 Å². The van der Waals surface area contributed by atoms with E-state index in [1.54, 1.807) is 10.9 Å². The SMILES string of the molecule is CCCC1CC1NS(=O)(=O)c1cnn(CCNC(C)C)c1. The highest BCUT2D eigenvalue weighted by atomic mass is 32.2. The second-order valence-electron chi connectivity index (χ2n) is 6.06. The molecule has 1 heterocycles. The van der Waals surface area contributed by atoms with Gasteiger partial charge in [-0.3, -0.25) is 4.68 Å². The van der Waals surface area contributed by atoms with Crippen molar-refractivity contribution >= 4 is 10.0 Å². The molecule has 1 saturated carbocycles. The molecule has 7 heteroatoms. The van der Waals surface area contributed by atoms with Gasteiger partial charge >= 0.3 is 0 Å². The molecule has 6 nitrogen and oxygen atoms in total. The van der Waals surface area contributed by atoms with Gasteiger partial charge in [0.15, 0.2) is 0 Å². The van der Waals surface area contributed by atoms with E-state index >= 15 is 0 Å². The maximum atomic E-state index is 12.2. The van der Waals surface area contributed by atoms with Crippen LogP contribution in [-0.2, 0) is 16.6 Å². The zero-order valence-electron chi connectivity index (χ0n) is 13.0. The van der Waals surface area contributed by atoms with Crippen molar-refractivity contribution < 1.29 is 8.42 Å². The molecule has 21 heavy (non-hydrogen) atoms. The lowest BCUT2D eigenvalue weighted by molar-refractivity contribution is 0.514. The number of rotatable bonds is 9. The molecule has 0 aromatic carbocycles. The molecular weight excluding hydrogens is 288 g/mol. The molecule has 1 fully saturated rings. The first-order valence-electron chi connectivity index (χ1n) is 7.70. The molecule has 0 radical (unpaired) electrons. The Balaban J connectivity index is 1.87. The van der Waals surface area contributed by atoms with Crippen LogP contribution in [0.3, 0.4) is 0 Å². The summed E-state index contributed by atoms with van der Waals surface area (Å²) in [6.45, 7) is 7.71. The van der Waals surface area contributed by atoms with E-state index in [4.69, 9.17) is 0 Å². The topological polar surface area (TPSA) is 76.0 Å². The zero-order chi connectivity index (χ0) is 15.5. The predicted molar refractivity (Wildman–Crippen MR) is 82.5 cm³/mol. The van der Waals surface area contributed by atoms with E-state index in [0.29, 0.717) is 18.5 Å². The van der Waals surface area contributed by atoms with E-state index < -0.39 is 10.0 Å². The van der Waals surface area contributed by atoms with Crippen LogP contribution in [0, 0.1) is 5.92 Å². The maximum Gasteiger partial charge on any atom is 0.243 e. The van der Waals surface area contributed by atoms with E-state index in [1.165, 1.54) is 6.20 Å². The van der Waals surface area contributed by atoms with Crippen LogP contribution >= 0.6 is 0 Å². The lowest BCUT2D eigenvalue weighted by Crippen LogP contribution is -2.27. The molecular formula is C14H26N4O2S. The van der Waals surface area contributed by atoms with Gasteiger partial charge in [0, 0.05) is 24.8 Å². The first-order valence-corrected chi connectivity index (χ1v) is 9.19. The summed E-state index contributed by atoms with van der Waals surface area (Å²) < 4.78 is 28.9. The molecule has 0 amide bonds. The van der Waals surface area contributed by atoms with E-state index in [1.807, 2.05) is 0 Å². The van der Waals surface area contributed by atoms with Crippen LogP contribution in [0.4, 0.5) is 0 Å². The summed E-state index contributed by atoms with van der Waals surface area (Å²) >= 11 is 0. The molecule has 0 saturated heterocycles. The Morgan fingerprint density at radius 2 is 2.24 bits per heavy atom. The average molecular weight is 314 g/mol. The zero-order valence-corrected chi connectivity index (χ0v) is 13.9. The standard InChI is InChI=1S/C14H26N4O2S/c1-4-5-12-8-14(12)17-21(19,20)13-9-16-18(10-13)7-6-15-11(2)3/h9-12,14-15,17H,4-8H2,1-3H3. The third-order valence-electron chi connectivity index (χ3n) is 3.70. The highest BCUT2D eigenvalue weighted by Crippen LogP contribution is 2.35. The minimum atomic E-state index is -3.42. The Labute approximate surface area is 127 Å². The van der Waals surface area contributed by atoms with Gasteiger partial charge in [0.1, 0.15) is 4.90 Å². The summed E-state index contributed by atoms with van der Waals surface area (Å²) in [6.07, 6.45) is 6.17. The fourth-order valence-electron chi connectivity index (χ4n) is 2.42. The summed E-state index contributed by atoms with van der Waals surface area (Å²) in [4.78, 5) is 0.259. The summed E-state index contributed by atoms with van der Waals surface area (Å²) in [5.74, 6) is 0.509. The summed E-state index contributed by atoms with van der Waals surface area (Å²) in [5, 5.41) is 7.40. The number of hydrogen-bond donors (Lipinski definition) is 2. The van der Waals surface area contributed by atoms with Crippen molar-refractivity contribution in [2.45, 2.75) is 63.6 Å². The predicted octanol–water partition coefficient (Wildman–Crippen LogP) is 1.35. The Hall–Kier alpha value is -0.920. The number of hydrogen-bond acceptors (Lipinski definition) is 4. The third kappa shape index (κ3) is 4.79. The smallest absolute Gasteiger partial charge is 0.243 e. The van der Waals surface area contributed by atoms with Crippen LogP contribution in [0.25, 0.3) is 0 Å². The second kappa shape index (κ2) is 6.89. The molecule has 2 N–H and O–H groups in total. The molecule has 2 rings (SSSR count). The van der Waals surface area contributed by atoms with Gasteiger partial charge in [0.25, 0.3) is 0 Å². The fraction of sp³-hybridized carbons (Fsp3) is 0.786. The van der Waals surface area contributed by atoms with E-state index in [-0.39, 0.29) is 10.9 Å². The second-order valence-corrected chi connectivity index (χ2v) is 7.77. The molecule has 1 aliphatic carbocycles. The van der Waals surface area contributed by atoms with Crippen LogP contribution in [0.15, 0.2) is 17.3 Å². The van der Waals surface area contributed by atoms with Crippen molar-refractivity contribution in [3.05, 3.63) is 12.4 Å². The van der Waals surface area contributed by atoms with Crippen molar-refractivity contribution in [1.29, 1.82) is 0 Å². The Morgan fingerprint density at radius 1 is 1.48 bits per heavy atom. The van der Waals surface area contributed by atoms with Gasteiger partial charge in [-0.25, -0.2) is 13.1 Å². The molecule has 0 spiro atoms. The molecule has 0 bridgehead atoms. The van der Waals surface area contributed by atoms with Gasteiger partial charge in [-0.1, -0.05) is 27.2 Å². The largest absolute Gasteiger partial charge is 0.313 e. The Kier molecular flexibility index (Phi) is 5.40. The number of aromatic nitrogens is 2. The van der Waals surface area contributed by atoms with E-state index in [0.717, 1.165) is 25.8 Å². The van der Waals surface area contributed by atoms with Crippen molar-refractivity contribution in [3.63, 3.8) is 0 Å². The van der Waals surface area contributed by atoms with Gasteiger partial charge in [0.05, 0.1) is 12.7 Å². The Bertz CT molecular complexity index is 553. The molecule has 2 unspecified atom stereocenters. The average Bonchev–Trinajstić information content (AvgIpc) is 2.91. The van der Waals surface area contributed by atoms with Crippen molar-refractivity contribution in [3.8, 4) is 0 Å². The van der Waals surface area contributed by atoms with Gasteiger partial charge in [0.2, 0.25) is 10.0 Å². The van der Waals surface area contributed by atoms with Crippen LogP contribution < -0.4 is 10.0 Å². The molecule has 0 aliphatic heterocycles. The summed E-state index contributed by atoms with van der Waals surface area (Å²) in [7, 11) is -3.42. The normalized spacial score (nSPS) is 21.9. The minimum absolute atomic E-state index is 0.112. The highest BCUT2D eigenvalue weighted by Gasteiger charge is 2.39. The molecule has 120 valence electrons. The maximum absolute atomic E-state index is 12.2. The third-order valence-corrected chi connectivity index (χ3v) is 5.15. The Morgan fingerprint density at radius 3 is 2.90 bits per heavy atom. The first kappa shape index (κ1) is 16.5. The van der Waals surface area contributed by atoms with Gasteiger partial charge in [-0.15, -0.1) is 0 Å². The molecule has 2 atom stereocenters. The van der Waals surface area contributed by atoms with E-state index in [2.05, 4.69) is 35.9 Å². The van der Waals surface area contributed by atoms with Crippen LogP contribution in [0.1, 0.15) is 40.0 Å². The molecule has 1 aliphatic rings. The van der Waals surface area contributed by atoms with E-state index in [9.17, 15) is 8.42 Å². The van der Waals surface area contributed by atoms with Crippen LogP contribution in [-0.4, -0.2) is 36.8 Å². The lowest BCUT2D eigenvalue weighted by atomic mass is 10.2. The summed E-state index contributed by atoms with van der Waals surface area (Å²) in [5.41, 5.74) is 0. The van der Waals surface area contributed by atoms with Crippen LogP contribution in [0.2, 0.25) is 0 Å². The molecule has 1 aromatic rings. The minimum Gasteiger partial charge on any atom is -0.313 e. The van der Waals surface area contributed by atoms with Crippen molar-refractivity contribution in [2.24, 2.45) is 5.92 Å². The number of sulfonamides is 1. The quantitative estimate of drug-likeness (QED) is 0.721. The van der Waals surface area contributed by atoms with Crippen molar-refractivity contribution in [2.75, 3.05) is 6.54 Å². The fourth-order valence-corrected chi connectivity index (χ4v) is 3.69. The number of nitrogens with one attached hydrogen (secondary N) is 2. The summed E-state index contributed by atoms with van der Waals surface area (Å²) in [6, 6.07) is 0.525. The number of nitrogens with zero attached hydrogens (tertiary/aromatic N) is 2. The first-order chi connectivity index (χ1) is 9.92. The van der Waals surface area contributed by atoms with Gasteiger partial charge in [-0.2, -0.15) is 5.10 Å².